The summed E-state index contributed by atoms with van der Waals surface area (Å²) in [6.07, 6.45) is 0.286. The van der Waals surface area contributed by atoms with Gasteiger partial charge in [0.1, 0.15) is 5.84 Å². The van der Waals surface area contributed by atoms with Crippen molar-refractivity contribution in [3.8, 4) is 0 Å². The van der Waals surface area contributed by atoms with E-state index in [1.807, 2.05) is 6.92 Å². The van der Waals surface area contributed by atoms with E-state index in [1.165, 1.54) is 6.07 Å². The molecule has 0 aliphatic rings. The number of halogens is 2. The molecule has 0 saturated carbocycles. The van der Waals surface area contributed by atoms with Gasteiger partial charge >= 0.3 is 0 Å². The van der Waals surface area contributed by atoms with E-state index in [-0.39, 0.29) is 18.2 Å². The van der Waals surface area contributed by atoms with Crippen LogP contribution in [-0.2, 0) is 0 Å². The number of hydrogen-bond acceptors (Lipinski definition) is 3. The fourth-order valence-corrected chi connectivity index (χ4v) is 1.90. The summed E-state index contributed by atoms with van der Waals surface area (Å²) in [6, 6.07) is 4.72. The third-order valence-electron chi connectivity index (χ3n) is 2.59. The molecule has 0 fully saturated rings. The Labute approximate surface area is 121 Å². The molecule has 104 valence electrons. The molecule has 1 rings (SSSR count). The monoisotopic (exact) mass is 303 g/mol. The maximum absolute atomic E-state index is 12.3. The molecule has 0 unspecified atom stereocenters. The fraction of sp³-hybridized carbons (Fsp3) is 0.333. The molecule has 0 aromatic heterocycles. The van der Waals surface area contributed by atoms with Gasteiger partial charge in [-0.3, -0.25) is 4.79 Å². The van der Waals surface area contributed by atoms with Crippen LogP contribution in [0.25, 0.3) is 0 Å². The molecule has 3 N–H and O–H groups in total. The summed E-state index contributed by atoms with van der Waals surface area (Å²) in [4.78, 5) is 13.8. The van der Waals surface area contributed by atoms with Gasteiger partial charge in [-0.15, -0.1) is 0 Å². The molecular formula is C12H15Cl2N3O2. The predicted molar refractivity (Wildman–Crippen MR) is 76.1 cm³/mol. The summed E-state index contributed by atoms with van der Waals surface area (Å²) in [5.74, 6) is -0.163. The molecular weight excluding hydrogens is 289 g/mol. The van der Waals surface area contributed by atoms with Crippen LogP contribution in [-0.4, -0.2) is 34.9 Å². The number of amides is 1. The van der Waals surface area contributed by atoms with Crippen molar-refractivity contribution in [2.24, 2.45) is 10.9 Å². The smallest absolute Gasteiger partial charge is 0.255 e. The topological polar surface area (TPSA) is 78.9 Å². The summed E-state index contributed by atoms with van der Waals surface area (Å²) in [5.41, 5.74) is 5.73. The Morgan fingerprint density at radius 2 is 2.16 bits per heavy atom. The van der Waals surface area contributed by atoms with Gasteiger partial charge in [0.15, 0.2) is 0 Å². The highest BCUT2D eigenvalue weighted by atomic mass is 35.5. The summed E-state index contributed by atoms with van der Waals surface area (Å²) >= 11 is 11.8. The van der Waals surface area contributed by atoms with Crippen molar-refractivity contribution in [2.45, 2.75) is 13.3 Å². The van der Waals surface area contributed by atoms with E-state index < -0.39 is 0 Å². The number of carbonyl (C=O) groups excluding carboxylic acids is 1. The molecule has 0 radical (unpaired) electrons. The van der Waals surface area contributed by atoms with Gasteiger partial charge in [0.05, 0.1) is 10.6 Å². The van der Waals surface area contributed by atoms with Gasteiger partial charge in [-0.25, -0.2) is 0 Å². The van der Waals surface area contributed by atoms with Gasteiger partial charge in [-0.05, 0) is 25.1 Å². The predicted octanol–water partition coefficient (Wildman–Crippen LogP) is 2.59. The molecule has 1 aromatic carbocycles. The maximum Gasteiger partial charge on any atom is 0.255 e. The molecule has 19 heavy (non-hydrogen) atoms. The fourth-order valence-electron chi connectivity index (χ4n) is 1.53. The minimum Gasteiger partial charge on any atom is -0.409 e. The van der Waals surface area contributed by atoms with Crippen LogP contribution >= 0.6 is 23.2 Å². The van der Waals surface area contributed by atoms with E-state index in [9.17, 15) is 4.79 Å². The largest absolute Gasteiger partial charge is 0.409 e. The number of benzene rings is 1. The van der Waals surface area contributed by atoms with Gasteiger partial charge in [0.2, 0.25) is 0 Å². The molecule has 0 heterocycles. The zero-order valence-electron chi connectivity index (χ0n) is 10.4. The van der Waals surface area contributed by atoms with E-state index in [0.717, 1.165) is 0 Å². The first-order valence-electron chi connectivity index (χ1n) is 5.70. The lowest BCUT2D eigenvalue weighted by atomic mass is 10.2. The Kier molecular flexibility index (Phi) is 5.92. The molecule has 0 aliphatic carbocycles. The van der Waals surface area contributed by atoms with Crippen molar-refractivity contribution in [3.05, 3.63) is 33.8 Å². The third-order valence-corrected chi connectivity index (χ3v) is 3.16. The van der Waals surface area contributed by atoms with Crippen LogP contribution < -0.4 is 5.73 Å². The summed E-state index contributed by atoms with van der Waals surface area (Å²) in [7, 11) is 0. The highest BCUT2D eigenvalue weighted by molar-refractivity contribution is 6.35. The van der Waals surface area contributed by atoms with Gasteiger partial charge < -0.3 is 15.8 Å². The van der Waals surface area contributed by atoms with Crippen molar-refractivity contribution in [1.82, 2.24) is 4.90 Å². The van der Waals surface area contributed by atoms with Crippen LogP contribution in [0.3, 0.4) is 0 Å². The molecule has 0 aliphatic heterocycles. The first kappa shape index (κ1) is 15.6. The standard InChI is InChI=1S/C12H15Cl2N3O2/c1-2-17(6-5-11(15)16-19)12(18)9-7-8(13)3-4-10(9)14/h3-4,7,19H,2,5-6H2,1H3,(H2,15,16). The van der Waals surface area contributed by atoms with E-state index in [2.05, 4.69) is 5.16 Å². The quantitative estimate of drug-likeness (QED) is 0.380. The summed E-state index contributed by atoms with van der Waals surface area (Å²) < 4.78 is 0. The third kappa shape index (κ3) is 4.29. The Balaban J connectivity index is 2.86. The number of nitrogens with zero attached hydrogens (tertiary/aromatic N) is 2. The van der Waals surface area contributed by atoms with Crippen molar-refractivity contribution in [2.75, 3.05) is 13.1 Å². The first-order chi connectivity index (χ1) is 8.99. The highest BCUT2D eigenvalue weighted by Crippen LogP contribution is 2.22. The Morgan fingerprint density at radius 3 is 2.74 bits per heavy atom. The molecule has 0 spiro atoms. The van der Waals surface area contributed by atoms with E-state index in [0.29, 0.717) is 28.7 Å². The van der Waals surface area contributed by atoms with Gasteiger partial charge in [-0.1, -0.05) is 28.4 Å². The highest BCUT2D eigenvalue weighted by Gasteiger charge is 2.17. The minimum atomic E-state index is -0.235. The normalized spacial score (nSPS) is 11.4. The van der Waals surface area contributed by atoms with Gasteiger partial charge in [0.25, 0.3) is 5.91 Å². The Hall–Kier alpha value is -1.46. The summed E-state index contributed by atoms with van der Waals surface area (Å²) in [5, 5.41) is 12.1. The van der Waals surface area contributed by atoms with Crippen molar-refractivity contribution < 1.29 is 10.0 Å². The number of oxime groups is 1. The molecule has 0 saturated heterocycles. The number of rotatable bonds is 5. The lowest BCUT2D eigenvalue weighted by Crippen LogP contribution is -2.34. The first-order valence-corrected chi connectivity index (χ1v) is 6.46. The second kappa shape index (κ2) is 7.21. The van der Waals surface area contributed by atoms with E-state index in [4.69, 9.17) is 34.1 Å². The molecule has 1 aromatic rings. The van der Waals surface area contributed by atoms with Crippen LogP contribution in [0.1, 0.15) is 23.7 Å². The number of hydrogen-bond donors (Lipinski definition) is 2. The van der Waals surface area contributed by atoms with Crippen LogP contribution in [0.5, 0.6) is 0 Å². The lowest BCUT2D eigenvalue weighted by Gasteiger charge is -2.21. The maximum atomic E-state index is 12.3. The van der Waals surface area contributed by atoms with Crippen molar-refractivity contribution in [3.63, 3.8) is 0 Å². The zero-order valence-corrected chi connectivity index (χ0v) is 11.9. The summed E-state index contributed by atoms with van der Waals surface area (Å²) in [6.45, 7) is 2.66. The second-order valence-corrected chi connectivity index (χ2v) is 4.69. The number of nitrogens with two attached hydrogens (primary N) is 1. The average molecular weight is 304 g/mol. The van der Waals surface area contributed by atoms with Gasteiger partial charge in [0, 0.05) is 24.5 Å². The Morgan fingerprint density at radius 1 is 1.47 bits per heavy atom. The van der Waals surface area contributed by atoms with Gasteiger partial charge in [-0.2, -0.15) is 0 Å². The number of amidine groups is 1. The Bertz CT molecular complexity index is 492. The van der Waals surface area contributed by atoms with Crippen LogP contribution in [0.15, 0.2) is 23.4 Å². The van der Waals surface area contributed by atoms with Crippen LogP contribution in [0, 0.1) is 0 Å². The molecule has 5 nitrogen and oxygen atoms in total. The molecule has 0 atom stereocenters. The molecule has 7 heteroatoms. The van der Waals surface area contributed by atoms with E-state index >= 15 is 0 Å². The van der Waals surface area contributed by atoms with Crippen molar-refractivity contribution in [1.29, 1.82) is 0 Å². The van der Waals surface area contributed by atoms with E-state index in [1.54, 1.807) is 17.0 Å². The second-order valence-electron chi connectivity index (χ2n) is 3.85. The molecule has 1 amide bonds. The lowest BCUT2D eigenvalue weighted by molar-refractivity contribution is 0.0768. The van der Waals surface area contributed by atoms with Crippen LogP contribution in [0.2, 0.25) is 10.0 Å². The zero-order chi connectivity index (χ0) is 14.4. The molecule has 0 bridgehead atoms. The van der Waals surface area contributed by atoms with Crippen LogP contribution in [0.4, 0.5) is 0 Å². The number of carbonyl (C=O) groups is 1. The van der Waals surface area contributed by atoms with Crippen molar-refractivity contribution >= 4 is 34.9 Å². The SMILES string of the molecule is CCN(CC/C(N)=N/O)C(=O)c1cc(Cl)ccc1Cl. The average Bonchev–Trinajstić information content (AvgIpc) is 2.41. The minimum absolute atomic E-state index is 0.0726.